The summed E-state index contributed by atoms with van der Waals surface area (Å²) < 4.78 is 0. The molecule has 1 aromatic rings. The SMILES string of the molecule is CC(C)C1CCN(C(=O)/C=C/c2cccc(N)c2)CC1. The highest BCUT2D eigenvalue weighted by Crippen LogP contribution is 2.24. The molecule has 0 spiro atoms. The van der Waals surface area contributed by atoms with Crippen molar-refractivity contribution in [2.75, 3.05) is 18.8 Å². The number of likely N-dealkylation sites (tertiary alicyclic amines) is 1. The van der Waals surface area contributed by atoms with Crippen molar-refractivity contribution in [3.63, 3.8) is 0 Å². The summed E-state index contributed by atoms with van der Waals surface area (Å²) in [4.78, 5) is 14.1. The minimum Gasteiger partial charge on any atom is -0.399 e. The van der Waals surface area contributed by atoms with Crippen LogP contribution >= 0.6 is 0 Å². The van der Waals surface area contributed by atoms with Gasteiger partial charge in [0, 0.05) is 24.9 Å². The average molecular weight is 272 g/mol. The molecule has 0 bridgehead atoms. The summed E-state index contributed by atoms with van der Waals surface area (Å²) in [6.07, 6.45) is 5.74. The molecule has 1 fully saturated rings. The molecule has 108 valence electrons. The summed E-state index contributed by atoms with van der Waals surface area (Å²) in [5.41, 5.74) is 7.41. The maximum absolute atomic E-state index is 12.1. The number of nitrogen functional groups attached to an aromatic ring is 1. The van der Waals surface area contributed by atoms with Crippen molar-refractivity contribution < 1.29 is 4.79 Å². The molecule has 2 rings (SSSR count). The van der Waals surface area contributed by atoms with Crippen LogP contribution in [0, 0.1) is 11.8 Å². The topological polar surface area (TPSA) is 46.3 Å². The average Bonchev–Trinajstić information content (AvgIpc) is 2.45. The molecule has 1 amide bonds. The second-order valence-electron chi connectivity index (χ2n) is 5.91. The Bertz CT molecular complexity index is 486. The Labute approximate surface area is 121 Å². The van der Waals surface area contributed by atoms with Crippen LogP contribution in [0.25, 0.3) is 6.08 Å². The number of carbonyl (C=O) groups excluding carboxylic acids is 1. The number of benzene rings is 1. The van der Waals surface area contributed by atoms with Gasteiger partial charge in [0.25, 0.3) is 0 Å². The van der Waals surface area contributed by atoms with E-state index in [4.69, 9.17) is 5.73 Å². The van der Waals surface area contributed by atoms with Crippen molar-refractivity contribution in [3.05, 3.63) is 35.9 Å². The fourth-order valence-corrected chi connectivity index (χ4v) is 2.72. The maximum Gasteiger partial charge on any atom is 0.246 e. The Kier molecular flexibility index (Phi) is 4.83. The van der Waals surface area contributed by atoms with E-state index in [1.807, 2.05) is 35.2 Å². The van der Waals surface area contributed by atoms with Gasteiger partial charge in [-0.3, -0.25) is 4.79 Å². The number of hydrogen-bond acceptors (Lipinski definition) is 2. The van der Waals surface area contributed by atoms with Crippen LogP contribution in [-0.2, 0) is 4.79 Å². The standard InChI is InChI=1S/C17H24N2O/c1-13(2)15-8-10-19(11-9-15)17(20)7-6-14-4-3-5-16(18)12-14/h3-7,12-13,15H,8-11,18H2,1-2H3/b7-6+. The first-order chi connectivity index (χ1) is 9.56. The van der Waals surface area contributed by atoms with Gasteiger partial charge in [0.05, 0.1) is 0 Å². The van der Waals surface area contributed by atoms with Gasteiger partial charge in [0.1, 0.15) is 0 Å². The Hall–Kier alpha value is -1.77. The smallest absolute Gasteiger partial charge is 0.246 e. The van der Waals surface area contributed by atoms with Crippen LogP contribution in [0.5, 0.6) is 0 Å². The quantitative estimate of drug-likeness (QED) is 0.678. The summed E-state index contributed by atoms with van der Waals surface area (Å²) in [5.74, 6) is 1.58. The Morgan fingerprint density at radius 2 is 2.05 bits per heavy atom. The van der Waals surface area contributed by atoms with Crippen LogP contribution in [0.2, 0.25) is 0 Å². The number of nitrogens with two attached hydrogens (primary N) is 1. The largest absolute Gasteiger partial charge is 0.399 e. The normalized spacial score (nSPS) is 17.1. The van der Waals surface area contributed by atoms with E-state index in [0.29, 0.717) is 0 Å². The van der Waals surface area contributed by atoms with Crippen molar-refractivity contribution >= 4 is 17.7 Å². The lowest BCUT2D eigenvalue weighted by Crippen LogP contribution is -2.38. The van der Waals surface area contributed by atoms with Gasteiger partial charge in [-0.1, -0.05) is 26.0 Å². The molecule has 1 saturated heterocycles. The van der Waals surface area contributed by atoms with Crippen molar-refractivity contribution in [1.82, 2.24) is 4.90 Å². The van der Waals surface area contributed by atoms with Gasteiger partial charge in [-0.2, -0.15) is 0 Å². The molecule has 0 atom stereocenters. The van der Waals surface area contributed by atoms with Crippen LogP contribution in [0.4, 0.5) is 5.69 Å². The molecule has 2 N–H and O–H groups in total. The maximum atomic E-state index is 12.1. The molecule has 1 aliphatic rings. The van der Waals surface area contributed by atoms with E-state index in [9.17, 15) is 4.79 Å². The lowest BCUT2D eigenvalue weighted by molar-refractivity contribution is -0.127. The lowest BCUT2D eigenvalue weighted by atomic mass is 9.87. The van der Waals surface area contributed by atoms with E-state index in [1.165, 1.54) is 0 Å². The van der Waals surface area contributed by atoms with E-state index in [0.717, 1.165) is 49.0 Å². The van der Waals surface area contributed by atoms with Crippen LogP contribution in [0.1, 0.15) is 32.3 Å². The molecule has 0 radical (unpaired) electrons. The Morgan fingerprint density at radius 1 is 1.35 bits per heavy atom. The van der Waals surface area contributed by atoms with Crippen molar-refractivity contribution in [2.24, 2.45) is 11.8 Å². The number of piperidine rings is 1. The zero-order chi connectivity index (χ0) is 14.5. The minimum atomic E-state index is 0.106. The monoisotopic (exact) mass is 272 g/mol. The fraction of sp³-hybridized carbons (Fsp3) is 0.471. The lowest BCUT2D eigenvalue weighted by Gasteiger charge is -2.33. The Balaban J connectivity index is 1.90. The number of nitrogens with zero attached hydrogens (tertiary/aromatic N) is 1. The predicted octanol–water partition coefficient (Wildman–Crippen LogP) is 3.18. The molecule has 3 nitrogen and oxygen atoms in total. The third kappa shape index (κ3) is 3.86. The molecule has 20 heavy (non-hydrogen) atoms. The highest BCUT2D eigenvalue weighted by molar-refractivity contribution is 5.91. The number of rotatable bonds is 3. The first kappa shape index (κ1) is 14.6. The number of carbonyl (C=O) groups is 1. The second-order valence-corrected chi connectivity index (χ2v) is 5.91. The molecular formula is C17H24N2O. The van der Waals surface area contributed by atoms with Crippen molar-refractivity contribution in [1.29, 1.82) is 0 Å². The summed E-state index contributed by atoms with van der Waals surface area (Å²) in [6.45, 7) is 6.29. The van der Waals surface area contributed by atoms with E-state index < -0.39 is 0 Å². The molecular weight excluding hydrogens is 248 g/mol. The molecule has 3 heteroatoms. The zero-order valence-electron chi connectivity index (χ0n) is 12.4. The van der Waals surface area contributed by atoms with Gasteiger partial charge in [0.15, 0.2) is 0 Å². The van der Waals surface area contributed by atoms with Gasteiger partial charge in [0.2, 0.25) is 5.91 Å². The zero-order valence-corrected chi connectivity index (χ0v) is 12.4. The highest BCUT2D eigenvalue weighted by Gasteiger charge is 2.23. The first-order valence-corrected chi connectivity index (χ1v) is 7.39. The summed E-state index contributed by atoms with van der Waals surface area (Å²) >= 11 is 0. The molecule has 1 aromatic carbocycles. The molecule has 1 aliphatic heterocycles. The number of anilines is 1. The molecule has 1 heterocycles. The highest BCUT2D eigenvalue weighted by atomic mass is 16.2. The first-order valence-electron chi connectivity index (χ1n) is 7.39. The predicted molar refractivity (Wildman–Crippen MR) is 84.0 cm³/mol. The van der Waals surface area contributed by atoms with Gasteiger partial charge in [-0.15, -0.1) is 0 Å². The summed E-state index contributed by atoms with van der Waals surface area (Å²) in [7, 11) is 0. The molecule has 0 saturated carbocycles. The second kappa shape index (κ2) is 6.60. The van der Waals surface area contributed by atoms with Gasteiger partial charge in [-0.25, -0.2) is 0 Å². The molecule has 0 aliphatic carbocycles. The van der Waals surface area contributed by atoms with Gasteiger partial charge < -0.3 is 10.6 Å². The van der Waals surface area contributed by atoms with E-state index >= 15 is 0 Å². The third-order valence-corrected chi connectivity index (χ3v) is 4.12. The van der Waals surface area contributed by atoms with E-state index in [1.54, 1.807) is 6.08 Å². The summed E-state index contributed by atoms with van der Waals surface area (Å²) in [6, 6.07) is 7.56. The van der Waals surface area contributed by atoms with Crippen LogP contribution in [0.15, 0.2) is 30.3 Å². The number of amides is 1. The van der Waals surface area contributed by atoms with Crippen molar-refractivity contribution in [3.8, 4) is 0 Å². The van der Waals surface area contributed by atoms with Crippen LogP contribution in [-0.4, -0.2) is 23.9 Å². The van der Waals surface area contributed by atoms with E-state index in [2.05, 4.69) is 13.8 Å². The summed E-state index contributed by atoms with van der Waals surface area (Å²) in [5, 5.41) is 0. The molecule has 0 aromatic heterocycles. The van der Waals surface area contributed by atoms with Gasteiger partial charge in [-0.05, 0) is 48.4 Å². The Morgan fingerprint density at radius 3 is 2.65 bits per heavy atom. The fourth-order valence-electron chi connectivity index (χ4n) is 2.72. The van der Waals surface area contributed by atoms with Crippen molar-refractivity contribution in [2.45, 2.75) is 26.7 Å². The van der Waals surface area contributed by atoms with Gasteiger partial charge >= 0.3 is 0 Å². The minimum absolute atomic E-state index is 0.106. The van der Waals surface area contributed by atoms with Crippen LogP contribution in [0.3, 0.4) is 0 Å². The molecule has 0 unspecified atom stereocenters. The van der Waals surface area contributed by atoms with Crippen LogP contribution < -0.4 is 5.73 Å². The van der Waals surface area contributed by atoms with E-state index in [-0.39, 0.29) is 5.91 Å². The number of hydrogen-bond donors (Lipinski definition) is 1. The third-order valence-electron chi connectivity index (χ3n) is 4.12.